The van der Waals surface area contributed by atoms with Crippen molar-refractivity contribution in [1.82, 2.24) is 0 Å². The number of hydrogen-bond donors (Lipinski definition) is 3. The van der Waals surface area contributed by atoms with Gasteiger partial charge in [0, 0.05) is 25.7 Å². The number of carbonyl (C=O) groups excluding carboxylic acids is 4. The molecule has 0 saturated heterocycles. The van der Waals surface area contributed by atoms with E-state index in [9.17, 15) is 43.2 Å². The van der Waals surface area contributed by atoms with Crippen LogP contribution in [0.1, 0.15) is 349 Å². The molecule has 0 bridgehead atoms. The molecule has 0 aliphatic rings. The van der Waals surface area contributed by atoms with Crippen LogP contribution in [0.2, 0.25) is 0 Å². The van der Waals surface area contributed by atoms with Gasteiger partial charge in [-0.15, -0.1) is 0 Å². The number of aliphatic hydroxyl groups excluding tert-OH is 1. The first-order chi connectivity index (χ1) is 47.7. The van der Waals surface area contributed by atoms with Gasteiger partial charge in [-0.25, -0.2) is 9.13 Å². The smallest absolute Gasteiger partial charge is 0.462 e. The van der Waals surface area contributed by atoms with Crippen molar-refractivity contribution < 1.29 is 80.2 Å². The molecule has 19 heteroatoms. The fourth-order valence-corrected chi connectivity index (χ4v) is 12.2. The molecule has 0 fully saturated rings. The molecule has 0 rings (SSSR count). The van der Waals surface area contributed by atoms with E-state index in [0.29, 0.717) is 32.1 Å². The highest BCUT2D eigenvalue weighted by Gasteiger charge is 2.30. The van der Waals surface area contributed by atoms with Crippen LogP contribution in [0.15, 0.2) is 72.9 Å². The van der Waals surface area contributed by atoms with Gasteiger partial charge in [0.1, 0.15) is 19.3 Å². The van der Waals surface area contributed by atoms with Crippen molar-refractivity contribution in [3.8, 4) is 0 Å². The number of carbonyl (C=O) groups is 4. The van der Waals surface area contributed by atoms with Gasteiger partial charge >= 0.3 is 39.5 Å². The van der Waals surface area contributed by atoms with Crippen molar-refractivity contribution in [3.05, 3.63) is 72.9 Å². The number of ether oxygens (including phenoxy) is 4. The number of aliphatic hydroxyl groups is 1. The summed E-state index contributed by atoms with van der Waals surface area (Å²) in [4.78, 5) is 72.8. The molecule has 0 aromatic rings. The fourth-order valence-electron chi connectivity index (χ4n) is 10.6. The minimum Gasteiger partial charge on any atom is -0.462 e. The first-order valence-corrected chi connectivity index (χ1v) is 42.2. The van der Waals surface area contributed by atoms with Crippen LogP contribution in [-0.2, 0) is 65.4 Å². The van der Waals surface area contributed by atoms with Gasteiger partial charge in [-0.3, -0.25) is 37.3 Å². The van der Waals surface area contributed by atoms with Crippen molar-refractivity contribution in [3.63, 3.8) is 0 Å². The first-order valence-electron chi connectivity index (χ1n) is 39.2. The summed E-state index contributed by atoms with van der Waals surface area (Å²) in [5.41, 5.74) is 0. The molecule has 0 aliphatic heterocycles. The Bertz CT molecular complexity index is 2140. The quantitative estimate of drug-likeness (QED) is 0.0169. The highest BCUT2D eigenvalue weighted by Crippen LogP contribution is 2.45. The van der Waals surface area contributed by atoms with E-state index in [4.69, 9.17) is 37.0 Å². The van der Waals surface area contributed by atoms with E-state index in [1.165, 1.54) is 135 Å². The highest BCUT2D eigenvalue weighted by atomic mass is 31.2. The number of phosphoric ester groups is 2. The fraction of sp³-hybridized carbons (Fsp3) is 0.797. The molecule has 0 aromatic heterocycles. The molecule has 0 spiro atoms. The summed E-state index contributed by atoms with van der Waals surface area (Å²) < 4.78 is 68.4. The summed E-state index contributed by atoms with van der Waals surface area (Å²) in [6.45, 7) is 4.79. The van der Waals surface area contributed by atoms with Crippen molar-refractivity contribution >= 4 is 39.5 Å². The molecule has 5 atom stereocenters. The number of rotatable bonds is 74. The summed E-state index contributed by atoms with van der Waals surface area (Å²) in [5, 5.41) is 10.6. The number of unbranched alkanes of at least 4 members (excludes halogenated alkanes) is 36. The standard InChI is InChI=1S/C79H142O17P2/c1-5-9-13-17-21-25-29-33-35-36-38-42-44-48-52-56-60-64-77(82)90-70-75(96-79(84)66-62-58-54-50-46-40-32-28-24-20-16-12-8-4)72-94-98(87,88)92-68-73(80)67-91-97(85,86)93-71-74(95-78(83)65-61-57-53-49-45-39-31-27-23-19-15-11-7-3)69-89-76(81)63-59-55-51-47-43-41-37-34-30-26-22-18-14-10-6-2/h21,25,27,31,33-35,37-38,42,48,52,73-75,80H,5-20,22-24,26,28-30,32,36,39-41,43-47,49-51,53-72H2,1-4H3,(H,85,86)(H,87,88)/b25-21-,31-27-,35-33-,37-34-,42-38-,52-48-/t73-,74+,75+/m0/s1. The SMILES string of the molecule is CCCCC/C=C\C/C=C\C/C=C\C/C=C\CCCC(=O)OC[C@H](COP(=O)(O)OC[C@@H](O)COP(=O)(O)OC[C@@H](COC(=O)CCCCCCC/C=C\CCCCCCCC)OC(=O)CCCCCCC/C=C\CCCCCC)OC(=O)CCCCCCCCCCCCCCC. The highest BCUT2D eigenvalue weighted by molar-refractivity contribution is 7.47. The molecular formula is C79H142O17P2. The van der Waals surface area contributed by atoms with Gasteiger partial charge in [0.15, 0.2) is 12.2 Å². The maximum atomic E-state index is 13.1. The Hall–Kier alpha value is -3.50. The number of hydrogen-bond acceptors (Lipinski definition) is 15. The molecule has 0 amide bonds. The lowest BCUT2D eigenvalue weighted by Crippen LogP contribution is -2.30. The Labute approximate surface area is 596 Å². The van der Waals surface area contributed by atoms with Crippen LogP contribution in [-0.4, -0.2) is 96.7 Å². The minimum absolute atomic E-state index is 0.0853. The maximum absolute atomic E-state index is 13.1. The van der Waals surface area contributed by atoms with Gasteiger partial charge in [0.25, 0.3) is 0 Å². The van der Waals surface area contributed by atoms with Gasteiger partial charge in [-0.1, -0.05) is 280 Å². The second kappa shape index (κ2) is 71.9. The zero-order chi connectivity index (χ0) is 71.8. The molecule has 17 nitrogen and oxygen atoms in total. The molecule has 570 valence electrons. The molecule has 0 radical (unpaired) electrons. The second-order valence-electron chi connectivity index (χ2n) is 26.3. The predicted molar refractivity (Wildman–Crippen MR) is 400 cm³/mol. The van der Waals surface area contributed by atoms with Crippen LogP contribution < -0.4 is 0 Å². The molecule has 0 heterocycles. The summed E-state index contributed by atoms with van der Waals surface area (Å²) in [6, 6.07) is 0. The number of esters is 4. The zero-order valence-corrected chi connectivity index (χ0v) is 64.0. The molecule has 3 N–H and O–H groups in total. The van der Waals surface area contributed by atoms with E-state index in [1.807, 2.05) is 12.2 Å². The first kappa shape index (κ1) is 94.5. The van der Waals surface area contributed by atoms with Crippen LogP contribution in [0.25, 0.3) is 0 Å². The Morgan fingerprint density at radius 3 is 0.847 bits per heavy atom. The largest absolute Gasteiger partial charge is 0.472 e. The zero-order valence-electron chi connectivity index (χ0n) is 62.2. The molecular weight excluding hydrogens is 1280 g/mol. The molecule has 98 heavy (non-hydrogen) atoms. The van der Waals surface area contributed by atoms with E-state index in [0.717, 1.165) is 128 Å². The lowest BCUT2D eigenvalue weighted by molar-refractivity contribution is -0.161. The third kappa shape index (κ3) is 70.9. The van der Waals surface area contributed by atoms with Gasteiger partial charge in [-0.05, 0) is 116 Å². The maximum Gasteiger partial charge on any atom is 0.472 e. The number of phosphoric acid groups is 2. The van der Waals surface area contributed by atoms with Crippen LogP contribution in [0.3, 0.4) is 0 Å². The van der Waals surface area contributed by atoms with E-state index in [2.05, 4.69) is 88.5 Å². The lowest BCUT2D eigenvalue weighted by Gasteiger charge is -2.21. The lowest BCUT2D eigenvalue weighted by atomic mass is 10.0. The van der Waals surface area contributed by atoms with Crippen molar-refractivity contribution in [2.75, 3.05) is 39.6 Å². The van der Waals surface area contributed by atoms with Gasteiger partial charge in [-0.2, -0.15) is 0 Å². The van der Waals surface area contributed by atoms with Crippen molar-refractivity contribution in [2.24, 2.45) is 0 Å². The van der Waals surface area contributed by atoms with E-state index in [-0.39, 0.29) is 25.7 Å². The Balaban J connectivity index is 5.37. The average Bonchev–Trinajstić information content (AvgIpc) is 0.969. The normalized spacial score (nSPS) is 14.3. The molecule has 0 aliphatic carbocycles. The third-order valence-corrected chi connectivity index (χ3v) is 18.5. The minimum atomic E-state index is -4.98. The van der Waals surface area contributed by atoms with E-state index >= 15 is 0 Å². The van der Waals surface area contributed by atoms with E-state index < -0.39 is 97.5 Å². The van der Waals surface area contributed by atoms with Crippen LogP contribution >= 0.6 is 15.6 Å². The van der Waals surface area contributed by atoms with Gasteiger partial charge in [0.05, 0.1) is 26.4 Å². The Morgan fingerprint density at radius 1 is 0.286 bits per heavy atom. The average molecular weight is 1430 g/mol. The molecule has 0 saturated carbocycles. The van der Waals surface area contributed by atoms with Crippen LogP contribution in [0.5, 0.6) is 0 Å². The second-order valence-corrected chi connectivity index (χ2v) is 29.2. The van der Waals surface area contributed by atoms with Crippen molar-refractivity contribution in [1.29, 1.82) is 0 Å². The third-order valence-electron chi connectivity index (χ3n) is 16.6. The molecule has 0 aromatic carbocycles. The molecule has 2 unspecified atom stereocenters. The van der Waals surface area contributed by atoms with E-state index in [1.54, 1.807) is 0 Å². The number of allylic oxidation sites excluding steroid dienone is 12. The van der Waals surface area contributed by atoms with Crippen LogP contribution in [0.4, 0.5) is 0 Å². The summed E-state index contributed by atoms with van der Waals surface area (Å²) >= 11 is 0. The monoisotopic (exact) mass is 1420 g/mol. The summed E-state index contributed by atoms with van der Waals surface area (Å²) in [5.74, 6) is -2.23. The summed E-state index contributed by atoms with van der Waals surface area (Å²) in [7, 11) is -9.95. The predicted octanol–water partition coefficient (Wildman–Crippen LogP) is 22.4. The van der Waals surface area contributed by atoms with Gasteiger partial charge < -0.3 is 33.8 Å². The van der Waals surface area contributed by atoms with Gasteiger partial charge in [0.2, 0.25) is 0 Å². The van der Waals surface area contributed by atoms with Crippen molar-refractivity contribution in [2.45, 2.75) is 367 Å². The topological polar surface area (TPSA) is 237 Å². The Kier molecular flexibility index (Phi) is 69.3. The van der Waals surface area contributed by atoms with Crippen LogP contribution in [0, 0.1) is 0 Å². The Morgan fingerprint density at radius 2 is 0.510 bits per heavy atom. The summed E-state index contributed by atoms with van der Waals surface area (Å²) in [6.07, 6.45) is 71.8.